The van der Waals surface area contributed by atoms with E-state index in [0.29, 0.717) is 0 Å². The normalized spacial score (nSPS) is 10.6. The highest BCUT2D eigenvalue weighted by molar-refractivity contribution is 5.59. The number of benzene rings is 2. The lowest BCUT2D eigenvalue weighted by Crippen LogP contribution is -2.22. The highest BCUT2D eigenvalue weighted by Gasteiger charge is 2.04. The maximum Gasteiger partial charge on any atom is 0.142 e. The molecule has 0 aliphatic rings. The summed E-state index contributed by atoms with van der Waals surface area (Å²) in [5.41, 5.74) is 2.16. The van der Waals surface area contributed by atoms with Crippen LogP contribution in [0.15, 0.2) is 42.5 Å². The Hall–Kier alpha value is -2.40. The van der Waals surface area contributed by atoms with E-state index in [1.54, 1.807) is 14.2 Å². The molecular formula is C20H28N2O3. The van der Waals surface area contributed by atoms with Gasteiger partial charge in [-0.1, -0.05) is 12.1 Å². The van der Waals surface area contributed by atoms with Gasteiger partial charge in [0, 0.05) is 25.7 Å². The first-order chi connectivity index (χ1) is 12.1. The van der Waals surface area contributed by atoms with E-state index in [1.165, 1.54) is 5.56 Å². The zero-order chi connectivity index (χ0) is 18.1. The maximum atomic E-state index is 5.65. The van der Waals surface area contributed by atoms with Gasteiger partial charge >= 0.3 is 0 Å². The van der Waals surface area contributed by atoms with Crippen molar-refractivity contribution in [3.8, 4) is 17.2 Å². The van der Waals surface area contributed by atoms with Gasteiger partial charge in [0.05, 0.1) is 26.0 Å². The molecule has 0 saturated carbocycles. The topological polar surface area (TPSA) is 51.8 Å². The van der Waals surface area contributed by atoms with Crippen molar-refractivity contribution in [1.29, 1.82) is 0 Å². The van der Waals surface area contributed by atoms with Crippen molar-refractivity contribution in [2.75, 3.05) is 32.6 Å². The molecule has 0 spiro atoms. The van der Waals surface area contributed by atoms with E-state index in [-0.39, 0.29) is 6.10 Å². The molecular weight excluding hydrogens is 316 g/mol. The van der Waals surface area contributed by atoms with Gasteiger partial charge < -0.3 is 24.8 Å². The summed E-state index contributed by atoms with van der Waals surface area (Å²) in [6.45, 7) is 6.50. The minimum absolute atomic E-state index is 0.198. The molecule has 5 heteroatoms. The van der Waals surface area contributed by atoms with E-state index in [2.05, 4.69) is 22.8 Å². The van der Waals surface area contributed by atoms with Crippen LogP contribution < -0.4 is 24.8 Å². The number of rotatable bonds is 10. The lowest BCUT2D eigenvalue weighted by atomic mass is 10.2. The van der Waals surface area contributed by atoms with E-state index < -0.39 is 0 Å². The van der Waals surface area contributed by atoms with Crippen LogP contribution in [0.25, 0.3) is 0 Å². The molecule has 0 saturated heterocycles. The lowest BCUT2D eigenvalue weighted by Gasteiger charge is -2.13. The van der Waals surface area contributed by atoms with Gasteiger partial charge in [0.25, 0.3) is 0 Å². The molecule has 2 aromatic rings. The molecule has 25 heavy (non-hydrogen) atoms. The van der Waals surface area contributed by atoms with Crippen LogP contribution in [0, 0.1) is 0 Å². The molecule has 0 unspecified atom stereocenters. The standard InChI is InChI=1S/C20H28N2O3/c1-15(2)25-17-7-5-16(6-8-17)14-21-11-12-22-19-13-18(23-3)9-10-20(19)24-4/h5-10,13,15,21-22H,11-12,14H2,1-4H3. The zero-order valence-electron chi connectivity index (χ0n) is 15.5. The molecule has 0 fully saturated rings. The molecule has 0 atom stereocenters. The van der Waals surface area contributed by atoms with Gasteiger partial charge in [-0.2, -0.15) is 0 Å². The summed E-state index contributed by atoms with van der Waals surface area (Å²) in [7, 11) is 3.32. The average molecular weight is 344 g/mol. The minimum Gasteiger partial charge on any atom is -0.497 e. The molecule has 0 aliphatic carbocycles. The molecule has 5 nitrogen and oxygen atoms in total. The highest BCUT2D eigenvalue weighted by Crippen LogP contribution is 2.28. The first kappa shape index (κ1) is 18.9. The Morgan fingerprint density at radius 1 is 0.880 bits per heavy atom. The van der Waals surface area contributed by atoms with Crippen molar-refractivity contribution < 1.29 is 14.2 Å². The number of anilines is 1. The third kappa shape index (κ3) is 6.19. The first-order valence-electron chi connectivity index (χ1n) is 8.54. The Bertz CT molecular complexity index is 642. The Labute approximate surface area is 150 Å². The van der Waals surface area contributed by atoms with Crippen molar-refractivity contribution in [3.05, 3.63) is 48.0 Å². The highest BCUT2D eigenvalue weighted by atomic mass is 16.5. The Morgan fingerprint density at radius 2 is 1.60 bits per heavy atom. The molecule has 0 bridgehead atoms. The Morgan fingerprint density at radius 3 is 2.24 bits per heavy atom. The van der Waals surface area contributed by atoms with Gasteiger partial charge in [-0.25, -0.2) is 0 Å². The van der Waals surface area contributed by atoms with Crippen LogP contribution in [0.2, 0.25) is 0 Å². The molecule has 0 heterocycles. The number of ether oxygens (including phenoxy) is 3. The summed E-state index contributed by atoms with van der Waals surface area (Å²) < 4.78 is 16.3. The van der Waals surface area contributed by atoms with Crippen molar-refractivity contribution in [2.24, 2.45) is 0 Å². The summed E-state index contributed by atoms with van der Waals surface area (Å²) in [5.74, 6) is 2.52. The summed E-state index contributed by atoms with van der Waals surface area (Å²) in [6, 6.07) is 13.9. The van der Waals surface area contributed by atoms with Crippen LogP contribution in [0.5, 0.6) is 17.2 Å². The number of hydrogen-bond acceptors (Lipinski definition) is 5. The summed E-state index contributed by atoms with van der Waals surface area (Å²) in [5, 5.41) is 6.79. The maximum absolute atomic E-state index is 5.65. The third-order valence-electron chi connectivity index (χ3n) is 3.65. The first-order valence-corrected chi connectivity index (χ1v) is 8.54. The number of methoxy groups -OCH3 is 2. The van der Waals surface area contributed by atoms with E-state index in [4.69, 9.17) is 14.2 Å². The summed E-state index contributed by atoms with van der Waals surface area (Å²) >= 11 is 0. The molecule has 0 aromatic heterocycles. The van der Waals surface area contributed by atoms with Crippen molar-refractivity contribution >= 4 is 5.69 Å². The van der Waals surface area contributed by atoms with E-state index in [1.807, 2.05) is 44.2 Å². The van der Waals surface area contributed by atoms with Crippen LogP contribution in [-0.2, 0) is 6.54 Å². The van der Waals surface area contributed by atoms with Gasteiger partial charge in [-0.3, -0.25) is 0 Å². The fourth-order valence-corrected chi connectivity index (χ4v) is 2.43. The van der Waals surface area contributed by atoms with Gasteiger partial charge in [-0.05, 0) is 43.7 Å². The number of hydrogen-bond donors (Lipinski definition) is 2. The van der Waals surface area contributed by atoms with Crippen LogP contribution in [-0.4, -0.2) is 33.4 Å². The van der Waals surface area contributed by atoms with Crippen LogP contribution >= 0.6 is 0 Å². The molecule has 0 amide bonds. The van der Waals surface area contributed by atoms with Gasteiger partial charge in [0.15, 0.2) is 0 Å². The van der Waals surface area contributed by atoms with Crippen molar-refractivity contribution in [1.82, 2.24) is 5.32 Å². The Kier molecular flexibility index (Phi) is 7.41. The molecule has 0 aliphatic heterocycles. The summed E-state index contributed by atoms with van der Waals surface area (Å²) in [4.78, 5) is 0. The van der Waals surface area contributed by atoms with Crippen molar-refractivity contribution in [2.45, 2.75) is 26.5 Å². The summed E-state index contributed by atoms with van der Waals surface area (Å²) in [6.07, 6.45) is 0.198. The van der Waals surface area contributed by atoms with E-state index in [9.17, 15) is 0 Å². The van der Waals surface area contributed by atoms with Crippen LogP contribution in [0.3, 0.4) is 0 Å². The second kappa shape index (κ2) is 9.79. The monoisotopic (exact) mass is 344 g/mol. The molecule has 2 N–H and O–H groups in total. The Balaban J connectivity index is 1.74. The molecule has 0 radical (unpaired) electrons. The second-order valence-corrected chi connectivity index (χ2v) is 5.98. The molecule has 2 rings (SSSR count). The predicted octanol–water partition coefficient (Wildman–Crippen LogP) is 3.69. The smallest absolute Gasteiger partial charge is 0.142 e. The fourth-order valence-electron chi connectivity index (χ4n) is 2.43. The van der Waals surface area contributed by atoms with E-state index in [0.717, 1.165) is 42.6 Å². The quantitative estimate of drug-likeness (QED) is 0.644. The SMILES string of the molecule is COc1ccc(OC)c(NCCNCc2ccc(OC(C)C)cc2)c1. The van der Waals surface area contributed by atoms with Gasteiger partial charge in [-0.15, -0.1) is 0 Å². The minimum atomic E-state index is 0.198. The number of nitrogens with one attached hydrogen (secondary N) is 2. The van der Waals surface area contributed by atoms with Gasteiger partial charge in [0.2, 0.25) is 0 Å². The van der Waals surface area contributed by atoms with Crippen molar-refractivity contribution in [3.63, 3.8) is 0 Å². The predicted molar refractivity (Wildman–Crippen MR) is 102 cm³/mol. The van der Waals surface area contributed by atoms with Crippen LogP contribution in [0.4, 0.5) is 5.69 Å². The van der Waals surface area contributed by atoms with E-state index >= 15 is 0 Å². The largest absolute Gasteiger partial charge is 0.497 e. The fraction of sp³-hybridized carbons (Fsp3) is 0.400. The molecule has 136 valence electrons. The molecule has 2 aromatic carbocycles. The lowest BCUT2D eigenvalue weighted by molar-refractivity contribution is 0.242. The zero-order valence-corrected chi connectivity index (χ0v) is 15.5. The average Bonchev–Trinajstić information content (AvgIpc) is 2.62. The van der Waals surface area contributed by atoms with Crippen LogP contribution in [0.1, 0.15) is 19.4 Å². The second-order valence-electron chi connectivity index (χ2n) is 5.98. The third-order valence-corrected chi connectivity index (χ3v) is 3.65. The van der Waals surface area contributed by atoms with Gasteiger partial charge in [0.1, 0.15) is 17.2 Å².